The number of ether oxygens (including phenoxy) is 1. The molecule has 0 saturated carbocycles. The number of carbonyl (C=O) groups is 3. The van der Waals surface area contributed by atoms with Gasteiger partial charge >= 0.3 is 11.9 Å². The molecule has 1 amide bonds. The summed E-state index contributed by atoms with van der Waals surface area (Å²) in [6.07, 6.45) is 0. The smallest absolute Gasteiger partial charge is 0.329 e. The van der Waals surface area contributed by atoms with Crippen LogP contribution in [0.25, 0.3) is 0 Å². The Balaban J connectivity index is 2.74. The van der Waals surface area contributed by atoms with Gasteiger partial charge in [0, 0.05) is 6.92 Å². The number of amides is 1. The first-order valence-corrected chi connectivity index (χ1v) is 5.71. The van der Waals surface area contributed by atoms with Crippen molar-refractivity contribution in [3.05, 3.63) is 34.9 Å². The topological polar surface area (TPSA) is 92.7 Å². The number of aliphatic carboxylic acids is 1. The van der Waals surface area contributed by atoms with Crippen molar-refractivity contribution in [2.45, 2.75) is 13.0 Å². The molecule has 1 aromatic rings. The molecule has 0 spiro atoms. The minimum Gasteiger partial charge on any atom is -0.480 e. The van der Waals surface area contributed by atoms with E-state index in [4.69, 9.17) is 16.7 Å². The number of carbonyl (C=O) groups excluding carboxylic acids is 2. The second-order valence-corrected chi connectivity index (χ2v) is 4.05. The molecule has 0 aromatic heterocycles. The number of hydrogen-bond donors (Lipinski definition) is 2. The SMILES string of the molecule is CC(=O)OC[C@H](NC(=O)c1ccccc1Cl)C(=O)O. The number of esters is 1. The molecule has 0 aliphatic heterocycles. The Hall–Kier alpha value is -2.08. The van der Waals surface area contributed by atoms with E-state index in [9.17, 15) is 14.4 Å². The molecular formula is C12H12ClNO5. The molecular weight excluding hydrogens is 274 g/mol. The monoisotopic (exact) mass is 285 g/mol. The standard InChI is InChI=1S/C12H12ClNO5/c1-7(15)19-6-10(12(17)18)14-11(16)8-4-2-3-5-9(8)13/h2-5,10H,6H2,1H3,(H,14,16)(H,17,18)/t10-/m0/s1. The molecule has 0 heterocycles. The number of carboxylic acid groups (broad SMARTS) is 1. The highest BCUT2D eigenvalue weighted by molar-refractivity contribution is 6.33. The second kappa shape index (κ2) is 6.75. The highest BCUT2D eigenvalue weighted by atomic mass is 35.5. The normalized spacial score (nSPS) is 11.5. The van der Waals surface area contributed by atoms with Crippen LogP contribution >= 0.6 is 11.6 Å². The highest BCUT2D eigenvalue weighted by Crippen LogP contribution is 2.14. The number of hydrogen-bond acceptors (Lipinski definition) is 4. The summed E-state index contributed by atoms with van der Waals surface area (Å²) in [7, 11) is 0. The van der Waals surface area contributed by atoms with E-state index in [1.165, 1.54) is 12.1 Å². The third-order valence-corrected chi connectivity index (χ3v) is 2.50. The minimum atomic E-state index is -1.33. The number of nitrogens with one attached hydrogen (secondary N) is 1. The van der Waals surface area contributed by atoms with Crippen LogP contribution in [-0.4, -0.2) is 35.6 Å². The van der Waals surface area contributed by atoms with Crippen LogP contribution in [0.15, 0.2) is 24.3 Å². The maximum absolute atomic E-state index is 11.8. The zero-order chi connectivity index (χ0) is 14.4. The van der Waals surface area contributed by atoms with E-state index in [0.717, 1.165) is 6.92 Å². The number of benzene rings is 1. The predicted octanol–water partition coefficient (Wildman–Crippen LogP) is 1.09. The lowest BCUT2D eigenvalue weighted by Gasteiger charge is -2.14. The van der Waals surface area contributed by atoms with Gasteiger partial charge in [-0.3, -0.25) is 9.59 Å². The summed E-state index contributed by atoms with van der Waals surface area (Å²) in [4.78, 5) is 33.4. The van der Waals surface area contributed by atoms with Gasteiger partial charge < -0.3 is 15.2 Å². The lowest BCUT2D eigenvalue weighted by Crippen LogP contribution is -2.44. The summed E-state index contributed by atoms with van der Waals surface area (Å²) >= 11 is 5.82. The van der Waals surface area contributed by atoms with Gasteiger partial charge in [0.05, 0.1) is 10.6 Å². The number of carboxylic acids is 1. The summed E-state index contributed by atoms with van der Waals surface area (Å²) in [5.74, 6) is -2.58. The second-order valence-electron chi connectivity index (χ2n) is 3.65. The summed E-state index contributed by atoms with van der Waals surface area (Å²) in [6, 6.07) is 4.89. The van der Waals surface area contributed by atoms with Crippen molar-refractivity contribution in [3.8, 4) is 0 Å². The average molecular weight is 286 g/mol. The third-order valence-electron chi connectivity index (χ3n) is 2.18. The van der Waals surface area contributed by atoms with E-state index in [1.54, 1.807) is 12.1 Å². The average Bonchev–Trinajstić information content (AvgIpc) is 2.34. The number of rotatable bonds is 5. The lowest BCUT2D eigenvalue weighted by molar-refractivity contribution is -0.146. The van der Waals surface area contributed by atoms with Gasteiger partial charge in [0.1, 0.15) is 6.61 Å². The Morgan fingerprint density at radius 1 is 1.37 bits per heavy atom. The zero-order valence-electron chi connectivity index (χ0n) is 10.1. The maximum Gasteiger partial charge on any atom is 0.329 e. The molecule has 0 radical (unpaired) electrons. The van der Waals surface area contributed by atoms with Crippen molar-refractivity contribution >= 4 is 29.4 Å². The molecule has 0 aliphatic rings. The van der Waals surface area contributed by atoms with Crippen LogP contribution in [0.1, 0.15) is 17.3 Å². The van der Waals surface area contributed by atoms with Crippen LogP contribution in [0, 0.1) is 0 Å². The van der Waals surface area contributed by atoms with Crippen molar-refractivity contribution in [3.63, 3.8) is 0 Å². The molecule has 1 rings (SSSR count). The van der Waals surface area contributed by atoms with E-state index >= 15 is 0 Å². The van der Waals surface area contributed by atoms with E-state index in [1.807, 2.05) is 0 Å². The van der Waals surface area contributed by atoms with Crippen LogP contribution in [0.3, 0.4) is 0 Å². The maximum atomic E-state index is 11.8. The summed E-state index contributed by atoms with van der Waals surface area (Å²) in [6.45, 7) is 0.704. The molecule has 0 unspecified atom stereocenters. The van der Waals surface area contributed by atoms with Crippen molar-refractivity contribution in [2.24, 2.45) is 0 Å². The van der Waals surface area contributed by atoms with Crippen molar-refractivity contribution in [2.75, 3.05) is 6.61 Å². The van der Waals surface area contributed by atoms with E-state index < -0.39 is 30.5 Å². The minimum absolute atomic E-state index is 0.151. The fraction of sp³-hybridized carbons (Fsp3) is 0.250. The van der Waals surface area contributed by atoms with E-state index in [-0.39, 0.29) is 10.6 Å². The molecule has 7 heteroatoms. The Morgan fingerprint density at radius 3 is 2.53 bits per heavy atom. The fourth-order valence-corrected chi connectivity index (χ4v) is 1.48. The van der Waals surface area contributed by atoms with Crippen LogP contribution in [0.5, 0.6) is 0 Å². The van der Waals surface area contributed by atoms with Gasteiger partial charge in [-0.2, -0.15) is 0 Å². The molecule has 0 saturated heterocycles. The van der Waals surface area contributed by atoms with Crippen molar-refractivity contribution in [1.29, 1.82) is 0 Å². The van der Waals surface area contributed by atoms with E-state index in [0.29, 0.717) is 0 Å². The Labute approximate surface area is 114 Å². The third kappa shape index (κ3) is 4.59. The van der Waals surface area contributed by atoms with Crippen molar-refractivity contribution < 1.29 is 24.2 Å². The van der Waals surface area contributed by atoms with Gasteiger partial charge in [-0.25, -0.2) is 4.79 Å². The molecule has 1 atom stereocenters. The molecule has 102 valence electrons. The van der Waals surface area contributed by atoms with Crippen molar-refractivity contribution in [1.82, 2.24) is 5.32 Å². The first-order valence-electron chi connectivity index (χ1n) is 5.33. The molecule has 0 aliphatic carbocycles. The molecule has 6 nitrogen and oxygen atoms in total. The Morgan fingerprint density at radius 2 is 2.00 bits per heavy atom. The predicted molar refractivity (Wildman–Crippen MR) is 67.0 cm³/mol. The summed E-state index contributed by atoms with van der Waals surface area (Å²) < 4.78 is 4.56. The first kappa shape index (κ1) is 15.0. The van der Waals surface area contributed by atoms with Gasteiger partial charge in [-0.15, -0.1) is 0 Å². The van der Waals surface area contributed by atoms with Crippen LogP contribution < -0.4 is 5.32 Å². The highest BCUT2D eigenvalue weighted by Gasteiger charge is 2.22. The van der Waals surface area contributed by atoms with Gasteiger partial charge in [0.2, 0.25) is 0 Å². The van der Waals surface area contributed by atoms with Crippen LogP contribution in [-0.2, 0) is 14.3 Å². The molecule has 0 fully saturated rings. The summed E-state index contributed by atoms with van der Waals surface area (Å²) in [5, 5.41) is 11.3. The lowest BCUT2D eigenvalue weighted by atomic mass is 10.2. The Kier molecular flexibility index (Phi) is 5.32. The largest absolute Gasteiger partial charge is 0.480 e. The number of halogens is 1. The Bertz CT molecular complexity index is 503. The van der Waals surface area contributed by atoms with E-state index in [2.05, 4.69) is 10.1 Å². The zero-order valence-corrected chi connectivity index (χ0v) is 10.8. The first-order chi connectivity index (χ1) is 8.91. The summed E-state index contributed by atoms with van der Waals surface area (Å²) in [5.41, 5.74) is 0.151. The quantitative estimate of drug-likeness (QED) is 0.790. The van der Waals surface area contributed by atoms with Gasteiger partial charge in [0.25, 0.3) is 5.91 Å². The molecule has 19 heavy (non-hydrogen) atoms. The fourth-order valence-electron chi connectivity index (χ4n) is 1.26. The van der Waals surface area contributed by atoms with Gasteiger partial charge in [-0.1, -0.05) is 23.7 Å². The van der Waals surface area contributed by atoms with Gasteiger partial charge in [0.15, 0.2) is 6.04 Å². The molecule has 2 N–H and O–H groups in total. The molecule has 1 aromatic carbocycles. The van der Waals surface area contributed by atoms with Gasteiger partial charge in [-0.05, 0) is 12.1 Å². The van der Waals surface area contributed by atoms with Crippen LogP contribution in [0.2, 0.25) is 5.02 Å². The van der Waals surface area contributed by atoms with Crippen LogP contribution in [0.4, 0.5) is 0 Å². The molecule has 0 bridgehead atoms.